The molecule has 55 heavy (non-hydrogen) atoms. The Morgan fingerprint density at radius 2 is 1.16 bits per heavy atom. The monoisotopic (exact) mass is 803 g/mol. The van der Waals surface area contributed by atoms with Crippen LogP contribution in [0.5, 0.6) is 0 Å². The van der Waals surface area contributed by atoms with Crippen molar-refractivity contribution in [2.75, 3.05) is 47.5 Å². The zero-order valence-electron chi connectivity index (χ0n) is 36.1. The topological polar surface area (TPSA) is 121 Å². The third kappa shape index (κ3) is 34.5. The molecule has 10 nitrogen and oxygen atoms in total. The molecule has 11 heteroatoms. The number of ether oxygens (including phenoxy) is 3. The molecule has 0 amide bonds. The zero-order valence-corrected chi connectivity index (χ0v) is 37.0. The Bertz CT molecular complexity index is 1020. The number of hydrogen-bond donors (Lipinski definition) is 1. The van der Waals surface area contributed by atoms with Crippen LogP contribution in [0.2, 0.25) is 0 Å². The summed E-state index contributed by atoms with van der Waals surface area (Å²) in [5.74, 6) is -0.813. The van der Waals surface area contributed by atoms with Gasteiger partial charge in [0.05, 0.1) is 40.0 Å². The highest BCUT2D eigenvalue weighted by atomic mass is 31.2. The molecule has 1 saturated heterocycles. The van der Waals surface area contributed by atoms with Crippen LogP contribution in [0.4, 0.5) is 0 Å². The highest BCUT2D eigenvalue weighted by Crippen LogP contribution is 2.43. The maximum Gasteiger partial charge on any atom is 0.472 e. The van der Waals surface area contributed by atoms with Gasteiger partial charge in [-0.3, -0.25) is 18.6 Å². The summed E-state index contributed by atoms with van der Waals surface area (Å²) in [7, 11) is 1.47. The van der Waals surface area contributed by atoms with E-state index in [0.717, 1.165) is 57.8 Å². The number of phosphoric ester groups is 1. The van der Waals surface area contributed by atoms with E-state index in [0.29, 0.717) is 29.7 Å². The maximum absolute atomic E-state index is 12.7. The maximum atomic E-state index is 12.7. The summed E-state index contributed by atoms with van der Waals surface area (Å²) < 4.78 is 40.1. The number of likely N-dealkylation sites (N-methyl/N-ethyl adjacent to an activating group) is 1. The third-order valence-corrected chi connectivity index (χ3v) is 11.2. The summed E-state index contributed by atoms with van der Waals surface area (Å²) in [4.78, 5) is 35.4. The van der Waals surface area contributed by atoms with Gasteiger partial charge in [0.25, 0.3) is 0 Å². The molecule has 1 rings (SSSR count). The van der Waals surface area contributed by atoms with E-state index >= 15 is 0 Å². The molecule has 324 valence electrons. The molecule has 0 spiro atoms. The minimum Gasteiger partial charge on any atom is -0.462 e. The lowest BCUT2D eigenvalue weighted by Crippen LogP contribution is -2.37. The summed E-state index contributed by atoms with van der Waals surface area (Å²) in [6, 6.07) is 0. The molecular weight excluding hydrogens is 717 g/mol. The second kappa shape index (κ2) is 33.7. The minimum absolute atomic E-state index is 0.0294. The van der Waals surface area contributed by atoms with Crippen LogP contribution in [-0.2, 0) is 37.4 Å². The van der Waals surface area contributed by atoms with E-state index in [4.69, 9.17) is 23.3 Å². The number of allylic oxidation sites excluding steroid dienone is 1. The summed E-state index contributed by atoms with van der Waals surface area (Å²) in [5, 5.41) is 0. The first-order valence-corrected chi connectivity index (χ1v) is 24.0. The lowest BCUT2D eigenvalue weighted by molar-refractivity contribution is -0.870. The van der Waals surface area contributed by atoms with Gasteiger partial charge in [-0.25, -0.2) is 4.57 Å². The van der Waals surface area contributed by atoms with Crippen molar-refractivity contribution >= 4 is 19.8 Å². The number of rotatable bonds is 40. The van der Waals surface area contributed by atoms with Crippen LogP contribution in [0.3, 0.4) is 0 Å². The number of unbranched alkanes of at least 4 members (excludes halogenated alkanes) is 21. The molecule has 1 aliphatic rings. The first kappa shape index (κ1) is 51.7. The summed E-state index contributed by atoms with van der Waals surface area (Å²) >= 11 is 0. The second-order valence-electron chi connectivity index (χ2n) is 16.8. The molecule has 0 aromatic heterocycles. The van der Waals surface area contributed by atoms with Gasteiger partial charge in [-0.2, -0.15) is 0 Å². The van der Waals surface area contributed by atoms with Crippen molar-refractivity contribution in [1.82, 2.24) is 0 Å². The number of hydrogen-bond acceptors (Lipinski definition) is 8. The number of quaternary nitrogens is 1. The van der Waals surface area contributed by atoms with Gasteiger partial charge in [-0.15, -0.1) is 0 Å². The lowest BCUT2D eigenvalue weighted by atomic mass is 10.0. The summed E-state index contributed by atoms with van der Waals surface area (Å²) in [6.45, 7) is 4.38. The van der Waals surface area contributed by atoms with Crippen LogP contribution in [0, 0.1) is 0 Å². The van der Waals surface area contributed by atoms with Gasteiger partial charge in [-0.1, -0.05) is 154 Å². The molecule has 1 aliphatic heterocycles. The van der Waals surface area contributed by atoms with Crippen molar-refractivity contribution in [1.29, 1.82) is 0 Å². The Hall–Kier alpha value is -1.29. The van der Waals surface area contributed by atoms with E-state index in [1.54, 1.807) is 0 Å². The molecule has 3 unspecified atom stereocenters. The van der Waals surface area contributed by atoms with Crippen LogP contribution in [-0.4, -0.2) is 87.1 Å². The smallest absolute Gasteiger partial charge is 0.462 e. The number of carbonyl (C=O) groups excluding carboxylic acids is 2. The Morgan fingerprint density at radius 3 is 1.73 bits per heavy atom. The standard InChI is InChI=1S/C44H84NO9P/c1-6-8-10-12-14-15-16-17-18-19-20-21-22-26-31-35-44(47)53-40(39-52-55(48,49)51-37-36-45(3,4)5)38-50-43(46)34-30-27-23-25-29-33-42-41(54-42)32-28-24-13-11-9-7-2/h24,28,40-42H,6-23,25-27,29-39H2,1-5H3/p+1/b28-24-/t40-,41?,42?/m1/s1. The zero-order chi connectivity index (χ0) is 40.5. The number of carbonyl (C=O) groups is 2. The molecule has 0 aromatic rings. The van der Waals surface area contributed by atoms with Gasteiger partial charge < -0.3 is 23.6 Å². The van der Waals surface area contributed by atoms with E-state index in [1.165, 1.54) is 103 Å². The highest BCUT2D eigenvalue weighted by Gasteiger charge is 2.36. The van der Waals surface area contributed by atoms with Crippen LogP contribution in [0.15, 0.2) is 12.2 Å². The van der Waals surface area contributed by atoms with E-state index in [2.05, 4.69) is 26.0 Å². The number of esters is 2. The van der Waals surface area contributed by atoms with Gasteiger partial charge in [0, 0.05) is 12.8 Å². The SMILES string of the molecule is CCCCC/C=C\CC1OC1CCCCCCCC(=O)OC[C@H](COP(=O)(O)OCC[N+](C)(C)C)OC(=O)CCCCCCCCCCCCCCCCC. The Kier molecular flexibility index (Phi) is 31.7. The average molecular weight is 803 g/mol. The van der Waals surface area contributed by atoms with Crippen molar-refractivity contribution < 1.29 is 46.8 Å². The van der Waals surface area contributed by atoms with Crippen LogP contribution >= 0.6 is 7.82 Å². The Morgan fingerprint density at radius 1 is 0.655 bits per heavy atom. The van der Waals surface area contributed by atoms with Crippen molar-refractivity contribution in [3.05, 3.63) is 12.2 Å². The summed E-state index contributed by atoms with van der Waals surface area (Å²) in [5.41, 5.74) is 0. The molecular formula is C44H85NO9P+. The fourth-order valence-electron chi connectivity index (χ4n) is 6.55. The van der Waals surface area contributed by atoms with E-state index in [1.807, 2.05) is 21.1 Å². The van der Waals surface area contributed by atoms with Crippen molar-refractivity contribution in [2.45, 2.75) is 212 Å². The number of nitrogens with zero attached hydrogens (tertiary/aromatic N) is 1. The van der Waals surface area contributed by atoms with Gasteiger partial charge in [-0.05, 0) is 38.5 Å². The molecule has 0 aromatic carbocycles. The predicted molar refractivity (Wildman–Crippen MR) is 224 cm³/mol. The van der Waals surface area contributed by atoms with Crippen LogP contribution in [0.1, 0.15) is 194 Å². The summed E-state index contributed by atoms with van der Waals surface area (Å²) in [6.07, 6.45) is 35.5. The fourth-order valence-corrected chi connectivity index (χ4v) is 7.29. The minimum atomic E-state index is -4.38. The Balaban J connectivity index is 2.27. The number of phosphoric acid groups is 1. The van der Waals surface area contributed by atoms with Gasteiger partial charge in [0.1, 0.15) is 19.8 Å². The van der Waals surface area contributed by atoms with Crippen molar-refractivity contribution in [3.63, 3.8) is 0 Å². The lowest BCUT2D eigenvalue weighted by Gasteiger charge is -2.24. The van der Waals surface area contributed by atoms with E-state index in [-0.39, 0.29) is 32.0 Å². The molecule has 4 atom stereocenters. The highest BCUT2D eigenvalue weighted by molar-refractivity contribution is 7.47. The molecule has 1 fully saturated rings. The van der Waals surface area contributed by atoms with E-state index < -0.39 is 26.5 Å². The first-order valence-electron chi connectivity index (χ1n) is 22.5. The van der Waals surface area contributed by atoms with Gasteiger partial charge >= 0.3 is 19.8 Å². The second-order valence-corrected chi connectivity index (χ2v) is 18.3. The van der Waals surface area contributed by atoms with E-state index in [9.17, 15) is 19.0 Å². The molecule has 0 bridgehead atoms. The number of epoxide rings is 1. The quantitative estimate of drug-likeness (QED) is 0.0161. The van der Waals surface area contributed by atoms with Crippen molar-refractivity contribution in [3.8, 4) is 0 Å². The predicted octanol–water partition coefficient (Wildman–Crippen LogP) is 11.6. The molecule has 0 aliphatic carbocycles. The Labute approximate surface area is 337 Å². The molecule has 1 N–H and O–H groups in total. The van der Waals surface area contributed by atoms with Gasteiger partial charge in [0.15, 0.2) is 6.10 Å². The first-order chi connectivity index (χ1) is 26.5. The fraction of sp³-hybridized carbons (Fsp3) is 0.909. The normalized spacial score (nSPS) is 17.3. The van der Waals surface area contributed by atoms with Crippen molar-refractivity contribution in [2.24, 2.45) is 0 Å². The van der Waals surface area contributed by atoms with Crippen LogP contribution < -0.4 is 0 Å². The molecule has 1 heterocycles. The molecule has 0 saturated carbocycles. The largest absolute Gasteiger partial charge is 0.472 e. The molecule has 0 radical (unpaired) electrons. The van der Waals surface area contributed by atoms with Crippen LogP contribution in [0.25, 0.3) is 0 Å². The van der Waals surface area contributed by atoms with Gasteiger partial charge in [0.2, 0.25) is 0 Å². The average Bonchev–Trinajstić information content (AvgIpc) is 3.89. The third-order valence-electron chi connectivity index (χ3n) is 10.2.